The molecule has 2 amide bonds. The largest absolute Gasteiger partial charge is 0.332 e. The Hall–Kier alpha value is -1.74. The van der Waals surface area contributed by atoms with Crippen LogP contribution in [0.2, 0.25) is 5.02 Å². The zero-order chi connectivity index (χ0) is 19.4. The summed E-state index contributed by atoms with van der Waals surface area (Å²) >= 11 is 12.2. The van der Waals surface area contributed by atoms with Crippen molar-refractivity contribution < 1.29 is 9.59 Å². The number of aromatic nitrogens is 1. The van der Waals surface area contributed by atoms with E-state index in [1.165, 1.54) is 27.6 Å². The molecule has 0 saturated heterocycles. The molecular weight excluding hydrogens is 470 g/mol. The normalized spacial score (nSPS) is 10.6. The van der Waals surface area contributed by atoms with Gasteiger partial charge in [-0.05, 0) is 39.7 Å². The van der Waals surface area contributed by atoms with Crippen molar-refractivity contribution in [1.29, 1.82) is 0 Å². The van der Waals surface area contributed by atoms with Crippen LogP contribution >= 0.6 is 50.2 Å². The van der Waals surface area contributed by atoms with Crippen LogP contribution in [0.25, 0.3) is 0 Å². The molecule has 9 heteroatoms. The average Bonchev–Trinajstić information content (AvgIpc) is 3.25. The number of likely N-dealkylation sites (N-methyl/N-ethyl adjacent to an activating group) is 1. The number of nitrogens with one attached hydrogen (secondary N) is 1. The Labute approximate surface area is 178 Å². The Kier molecular flexibility index (Phi) is 6.64. The van der Waals surface area contributed by atoms with Crippen LogP contribution in [-0.2, 0) is 11.2 Å². The van der Waals surface area contributed by atoms with Crippen molar-refractivity contribution in [2.75, 3.05) is 18.9 Å². The lowest BCUT2D eigenvalue weighted by molar-refractivity contribution is -0.116. The molecular formula is C18H15BrClN3O2S2. The van der Waals surface area contributed by atoms with E-state index >= 15 is 0 Å². The van der Waals surface area contributed by atoms with Gasteiger partial charge in [0.15, 0.2) is 5.13 Å². The fraction of sp³-hybridized carbons (Fsp3) is 0.167. The highest BCUT2D eigenvalue weighted by Crippen LogP contribution is 2.25. The maximum atomic E-state index is 12.3. The molecule has 0 unspecified atom stereocenters. The van der Waals surface area contributed by atoms with Crippen LogP contribution in [0.5, 0.6) is 0 Å². The molecule has 0 bridgehead atoms. The molecule has 27 heavy (non-hydrogen) atoms. The second-order valence-corrected chi connectivity index (χ2v) is 9.70. The maximum Gasteiger partial charge on any atom is 0.264 e. The van der Waals surface area contributed by atoms with Crippen molar-refractivity contribution in [1.82, 2.24) is 9.88 Å². The number of amides is 2. The van der Waals surface area contributed by atoms with Gasteiger partial charge in [0.05, 0.1) is 15.2 Å². The second-order valence-electron chi connectivity index (χ2n) is 5.71. The summed E-state index contributed by atoms with van der Waals surface area (Å²) in [5.41, 5.74) is 1.01. The number of benzene rings is 1. The van der Waals surface area contributed by atoms with Crippen molar-refractivity contribution >= 4 is 67.2 Å². The van der Waals surface area contributed by atoms with Gasteiger partial charge in [0.1, 0.15) is 0 Å². The van der Waals surface area contributed by atoms with Gasteiger partial charge < -0.3 is 10.2 Å². The first-order valence-electron chi connectivity index (χ1n) is 7.91. The minimum absolute atomic E-state index is 0.0478. The Balaban J connectivity index is 1.56. The summed E-state index contributed by atoms with van der Waals surface area (Å²) < 4.78 is 0.873. The number of hydrogen-bond acceptors (Lipinski definition) is 5. The minimum atomic E-state index is -0.292. The molecule has 5 nitrogen and oxygen atoms in total. The van der Waals surface area contributed by atoms with Crippen LogP contribution in [0.15, 0.2) is 46.4 Å². The first-order chi connectivity index (χ1) is 12.9. The summed E-state index contributed by atoms with van der Waals surface area (Å²) in [4.78, 5) is 31.7. The van der Waals surface area contributed by atoms with Crippen molar-refractivity contribution in [3.8, 4) is 0 Å². The first-order valence-corrected chi connectivity index (χ1v) is 10.7. The van der Waals surface area contributed by atoms with Crippen LogP contribution in [0.3, 0.4) is 0 Å². The summed E-state index contributed by atoms with van der Waals surface area (Å²) in [6.07, 6.45) is 2.38. The Morgan fingerprint density at radius 1 is 1.22 bits per heavy atom. The predicted octanol–water partition coefficient (Wildman–Crippen LogP) is 4.92. The van der Waals surface area contributed by atoms with E-state index in [2.05, 4.69) is 26.2 Å². The number of thiophene rings is 1. The Morgan fingerprint density at radius 2 is 2.00 bits per heavy atom. The van der Waals surface area contributed by atoms with Gasteiger partial charge in [0, 0.05) is 29.6 Å². The third kappa shape index (κ3) is 5.38. The van der Waals surface area contributed by atoms with Gasteiger partial charge in [-0.2, -0.15) is 0 Å². The van der Waals surface area contributed by atoms with E-state index in [-0.39, 0.29) is 18.4 Å². The average molecular weight is 485 g/mol. The number of anilines is 1. The quantitative estimate of drug-likeness (QED) is 0.540. The number of rotatable bonds is 6. The molecule has 3 aromatic rings. The number of halogens is 2. The highest BCUT2D eigenvalue weighted by molar-refractivity contribution is 9.11. The summed E-state index contributed by atoms with van der Waals surface area (Å²) in [5.74, 6) is -0.487. The lowest BCUT2D eigenvalue weighted by atomic mass is 10.1. The highest BCUT2D eigenvalue weighted by atomic mass is 79.9. The van der Waals surface area contributed by atoms with E-state index in [1.807, 2.05) is 30.3 Å². The lowest BCUT2D eigenvalue weighted by Crippen LogP contribution is -2.34. The van der Waals surface area contributed by atoms with Gasteiger partial charge in [-0.15, -0.1) is 22.7 Å². The van der Waals surface area contributed by atoms with Crippen LogP contribution in [-0.4, -0.2) is 35.3 Å². The topological polar surface area (TPSA) is 62.3 Å². The molecule has 3 rings (SSSR count). The molecule has 0 radical (unpaired) electrons. The molecule has 0 atom stereocenters. The van der Waals surface area contributed by atoms with Gasteiger partial charge in [-0.25, -0.2) is 4.98 Å². The molecule has 0 aliphatic heterocycles. The van der Waals surface area contributed by atoms with E-state index in [0.717, 1.165) is 14.2 Å². The van der Waals surface area contributed by atoms with Crippen LogP contribution < -0.4 is 5.32 Å². The number of hydrogen-bond donors (Lipinski definition) is 1. The summed E-state index contributed by atoms with van der Waals surface area (Å²) in [7, 11) is 1.60. The van der Waals surface area contributed by atoms with Gasteiger partial charge in [0.2, 0.25) is 5.91 Å². The molecule has 0 saturated carbocycles. The highest BCUT2D eigenvalue weighted by Gasteiger charge is 2.17. The van der Waals surface area contributed by atoms with E-state index in [0.29, 0.717) is 21.5 Å². The molecule has 0 spiro atoms. The maximum absolute atomic E-state index is 12.3. The zero-order valence-electron chi connectivity index (χ0n) is 14.2. The molecule has 0 fully saturated rings. The summed E-state index contributed by atoms with van der Waals surface area (Å²) in [6, 6.07) is 11.2. The molecule has 1 N–H and O–H groups in total. The van der Waals surface area contributed by atoms with E-state index in [1.54, 1.807) is 19.3 Å². The van der Waals surface area contributed by atoms with E-state index in [9.17, 15) is 9.59 Å². The molecule has 1 aromatic carbocycles. The van der Waals surface area contributed by atoms with Crippen LogP contribution in [0, 0.1) is 0 Å². The number of carbonyl (C=O) groups is 2. The predicted molar refractivity (Wildman–Crippen MR) is 114 cm³/mol. The molecule has 140 valence electrons. The Morgan fingerprint density at radius 3 is 2.70 bits per heavy atom. The van der Waals surface area contributed by atoms with Crippen molar-refractivity contribution in [3.05, 3.63) is 66.7 Å². The molecule has 0 aliphatic rings. The SMILES string of the molecule is CN(CC(=O)Nc1ncc(Cc2ccccc2Cl)s1)C(=O)c1ccc(Br)s1. The van der Waals surface area contributed by atoms with Crippen molar-refractivity contribution in [2.45, 2.75) is 6.42 Å². The third-order valence-corrected chi connectivity index (χ3v) is 6.53. The minimum Gasteiger partial charge on any atom is -0.332 e. The van der Waals surface area contributed by atoms with Crippen LogP contribution in [0.4, 0.5) is 5.13 Å². The van der Waals surface area contributed by atoms with Gasteiger partial charge >= 0.3 is 0 Å². The molecule has 2 heterocycles. The monoisotopic (exact) mass is 483 g/mol. The molecule has 2 aromatic heterocycles. The van der Waals surface area contributed by atoms with E-state index < -0.39 is 0 Å². The number of carbonyl (C=O) groups excluding carboxylic acids is 2. The number of nitrogens with zero attached hydrogens (tertiary/aromatic N) is 2. The van der Waals surface area contributed by atoms with E-state index in [4.69, 9.17) is 11.6 Å². The van der Waals surface area contributed by atoms with Crippen molar-refractivity contribution in [2.24, 2.45) is 0 Å². The first kappa shape index (κ1) is 20.0. The molecule has 0 aliphatic carbocycles. The van der Waals surface area contributed by atoms with Gasteiger partial charge in [0.25, 0.3) is 5.91 Å². The Bertz CT molecular complexity index is 973. The standard InChI is InChI=1S/C18H15BrClN3O2S2/c1-23(17(25)14-6-7-15(19)27-14)10-16(24)22-18-21-9-12(26-18)8-11-4-2-3-5-13(11)20/h2-7,9H,8,10H2,1H3,(H,21,22,24). The van der Waals surface area contributed by atoms with Crippen molar-refractivity contribution in [3.63, 3.8) is 0 Å². The second kappa shape index (κ2) is 8.97. The van der Waals surface area contributed by atoms with Gasteiger partial charge in [-0.3, -0.25) is 9.59 Å². The summed E-state index contributed by atoms with van der Waals surface area (Å²) in [6.45, 7) is -0.0478. The summed E-state index contributed by atoms with van der Waals surface area (Å²) in [5, 5.41) is 3.95. The lowest BCUT2D eigenvalue weighted by Gasteiger charge is -2.15. The smallest absolute Gasteiger partial charge is 0.264 e. The fourth-order valence-electron chi connectivity index (χ4n) is 2.34. The van der Waals surface area contributed by atoms with Crippen LogP contribution in [0.1, 0.15) is 20.1 Å². The third-order valence-electron chi connectivity index (χ3n) is 3.63. The number of thiazole rings is 1. The van der Waals surface area contributed by atoms with Gasteiger partial charge in [-0.1, -0.05) is 29.8 Å². The fourth-order valence-corrected chi connectivity index (χ4v) is 4.77. The zero-order valence-corrected chi connectivity index (χ0v) is 18.2.